The third kappa shape index (κ3) is 9.97. The molecule has 6 nitrogen and oxygen atoms in total. The van der Waals surface area contributed by atoms with Crippen molar-refractivity contribution in [2.45, 2.75) is 89.6 Å². The number of likely N-dealkylation sites (N-methyl/N-ethyl adjacent to an activating group) is 1. The average molecular weight is 638 g/mol. The minimum Gasteiger partial charge on any atom is -0.756 e. The Morgan fingerprint density at radius 2 is 1.44 bits per heavy atom. The van der Waals surface area contributed by atoms with Gasteiger partial charge in [-0.25, -0.2) is 0 Å². The molecule has 4 atom stereocenters. The highest BCUT2D eigenvalue weighted by molar-refractivity contribution is 7.45. The van der Waals surface area contributed by atoms with Gasteiger partial charge < -0.3 is 23.5 Å². The SMILES string of the molecule is C=C(c1ccccc1)C12CCC(O)C1CC(CCCCCCCCCCCOP(=O)([O-])OCC[N+](C)(C)C)=C2c1ccccc1. The first-order valence-corrected chi connectivity index (χ1v) is 18.6. The summed E-state index contributed by atoms with van der Waals surface area (Å²) in [4.78, 5) is 11.9. The molecule has 0 spiro atoms. The molecule has 2 aliphatic rings. The molecule has 0 aliphatic heterocycles. The van der Waals surface area contributed by atoms with Gasteiger partial charge in [-0.3, -0.25) is 4.57 Å². The smallest absolute Gasteiger partial charge is 0.268 e. The van der Waals surface area contributed by atoms with Gasteiger partial charge in [0.1, 0.15) is 13.2 Å². The molecular weight excluding hydrogens is 581 g/mol. The van der Waals surface area contributed by atoms with E-state index in [-0.39, 0.29) is 30.7 Å². The van der Waals surface area contributed by atoms with Crippen LogP contribution in [-0.2, 0) is 13.6 Å². The maximum atomic E-state index is 11.9. The lowest BCUT2D eigenvalue weighted by atomic mass is 9.66. The Balaban J connectivity index is 1.20. The van der Waals surface area contributed by atoms with E-state index in [9.17, 15) is 14.6 Å². The molecule has 1 fully saturated rings. The summed E-state index contributed by atoms with van der Waals surface area (Å²) in [5, 5.41) is 11.2. The molecule has 4 unspecified atom stereocenters. The van der Waals surface area contributed by atoms with E-state index in [1.165, 1.54) is 60.8 Å². The minimum absolute atomic E-state index is 0.143. The lowest BCUT2D eigenvalue weighted by molar-refractivity contribution is -0.870. The van der Waals surface area contributed by atoms with Gasteiger partial charge in [-0.1, -0.05) is 118 Å². The zero-order valence-corrected chi connectivity index (χ0v) is 28.8. The fraction of sp³-hybridized carbons (Fsp3) is 0.579. The molecular formula is C38H56NO5P. The number of aliphatic hydroxyl groups is 1. The van der Waals surface area contributed by atoms with Crippen molar-refractivity contribution >= 4 is 19.0 Å². The Hall–Kier alpha value is -2.05. The summed E-state index contributed by atoms with van der Waals surface area (Å²) in [5.41, 5.74) is 6.39. The highest BCUT2D eigenvalue weighted by atomic mass is 31.2. The van der Waals surface area contributed by atoms with Crippen molar-refractivity contribution in [3.8, 4) is 0 Å². The molecule has 2 aliphatic carbocycles. The number of rotatable bonds is 20. The van der Waals surface area contributed by atoms with Crippen LogP contribution < -0.4 is 4.89 Å². The molecule has 2 aromatic rings. The Morgan fingerprint density at radius 3 is 2.07 bits per heavy atom. The first kappa shape index (κ1) is 35.8. The van der Waals surface area contributed by atoms with Crippen molar-refractivity contribution in [1.82, 2.24) is 0 Å². The van der Waals surface area contributed by atoms with Crippen LogP contribution in [0.2, 0.25) is 0 Å². The zero-order valence-electron chi connectivity index (χ0n) is 27.9. The number of phosphoric acid groups is 1. The van der Waals surface area contributed by atoms with E-state index in [0.717, 1.165) is 50.5 Å². The molecule has 0 bridgehead atoms. The van der Waals surface area contributed by atoms with Crippen LogP contribution in [-0.4, -0.2) is 56.6 Å². The highest BCUT2D eigenvalue weighted by Crippen LogP contribution is 2.66. The second kappa shape index (κ2) is 16.7. The predicted molar refractivity (Wildman–Crippen MR) is 183 cm³/mol. The number of nitrogens with zero attached hydrogens (tertiary/aromatic N) is 1. The van der Waals surface area contributed by atoms with E-state index in [1.54, 1.807) is 0 Å². The molecule has 2 aromatic carbocycles. The number of benzene rings is 2. The van der Waals surface area contributed by atoms with E-state index in [4.69, 9.17) is 15.6 Å². The predicted octanol–water partition coefficient (Wildman–Crippen LogP) is 8.42. The van der Waals surface area contributed by atoms with E-state index >= 15 is 0 Å². The molecule has 0 radical (unpaired) electrons. The van der Waals surface area contributed by atoms with Crippen LogP contribution in [0.3, 0.4) is 0 Å². The Bertz CT molecular complexity index is 1290. The van der Waals surface area contributed by atoms with E-state index < -0.39 is 7.82 Å². The minimum atomic E-state index is -4.20. The van der Waals surface area contributed by atoms with E-state index in [0.29, 0.717) is 11.0 Å². The van der Waals surface area contributed by atoms with Gasteiger partial charge in [0, 0.05) is 11.3 Å². The van der Waals surface area contributed by atoms with Gasteiger partial charge in [0.25, 0.3) is 7.82 Å². The molecule has 45 heavy (non-hydrogen) atoms. The third-order valence-electron chi connectivity index (χ3n) is 9.80. The zero-order chi connectivity index (χ0) is 32.3. The fourth-order valence-electron chi connectivity index (χ4n) is 7.43. The van der Waals surface area contributed by atoms with Gasteiger partial charge in [0.05, 0.1) is 33.9 Å². The van der Waals surface area contributed by atoms with Gasteiger partial charge in [0.2, 0.25) is 0 Å². The summed E-state index contributed by atoms with van der Waals surface area (Å²) >= 11 is 0. The van der Waals surface area contributed by atoms with Gasteiger partial charge in [-0.15, -0.1) is 0 Å². The van der Waals surface area contributed by atoms with Crippen LogP contribution in [0.4, 0.5) is 0 Å². The maximum Gasteiger partial charge on any atom is 0.268 e. The first-order chi connectivity index (χ1) is 21.5. The molecule has 7 heteroatoms. The van der Waals surface area contributed by atoms with Crippen LogP contribution in [0.25, 0.3) is 11.1 Å². The molecule has 0 amide bonds. The van der Waals surface area contributed by atoms with Crippen LogP contribution in [0.15, 0.2) is 72.8 Å². The van der Waals surface area contributed by atoms with E-state index in [1.807, 2.05) is 21.1 Å². The lowest BCUT2D eigenvalue weighted by Crippen LogP contribution is -2.37. The Labute approximate surface area is 272 Å². The first-order valence-electron chi connectivity index (χ1n) is 17.1. The van der Waals surface area contributed by atoms with E-state index in [2.05, 4.69) is 60.7 Å². The van der Waals surface area contributed by atoms with Crippen molar-refractivity contribution < 1.29 is 28.1 Å². The number of allylic oxidation sites excluding steroid dienone is 3. The van der Waals surface area contributed by atoms with Gasteiger partial charge in [0.15, 0.2) is 0 Å². The number of unbranched alkanes of at least 4 members (excludes halogenated alkanes) is 8. The van der Waals surface area contributed by atoms with Crippen molar-refractivity contribution in [2.24, 2.45) is 11.3 Å². The fourth-order valence-corrected chi connectivity index (χ4v) is 8.16. The topological polar surface area (TPSA) is 78.8 Å². The van der Waals surface area contributed by atoms with Gasteiger partial charge in [-0.05, 0) is 60.8 Å². The Kier molecular flexibility index (Phi) is 13.3. The quantitative estimate of drug-likeness (QED) is 0.0896. The van der Waals surface area contributed by atoms with Crippen molar-refractivity contribution in [1.29, 1.82) is 0 Å². The van der Waals surface area contributed by atoms with Crippen LogP contribution in [0, 0.1) is 11.3 Å². The molecule has 4 rings (SSSR count). The number of quaternary nitrogens is 1. The largest absolute Gasteiger partial charge is 0.756 e. The molecule has 0 aromatic heterocycles. The number of aliphatic hydroxyl groups excluding tert-OH is 1. The molecule has 0 heterocycles. The van der Waals surface area contributed by atoms with Gasteiger partial charge in [-0.2, -0.15) is 0 Å². The number of hydrogen-bond donors (Lipinski definition) is 1. The summed E-state index contributed by atoms with van der Waals surface area (Å²) in [6.45, 7) is 5.64. The highest BCUT2D eigenvalue weighted by Gasteiger charge is 2.56. The van der Waals surface area contributed by atoms with Crippen molar-refractivity contribution in [3.63, 3.8) is 0 Å². The summed E-state index contributed by atoms with van der Waals surface area (Å²) in [6.07, 6.45) is 13.6. The number of phosphoric ester groups is 1. The number of fused-ring (bicyclic) bond motifs is 1. The average Bonchev–Trinajstić information content (AvgIpc) is 3.51. The Morgan fingerprint density at radius 1 is 0.889 bits per heavy atom. The monoisotopic (exact) mass is 637 g/mol. The summed E-state index contributed by atoms with van der Waals surface area (Å²) in [5.74, 6) is 0.196. The molecule has 1 N–H and O–H groups in total. The van der Waals surface area contributed by atoms with Crippen LogP contribution in [0.1, 0.15) is 94.6 Å². The van der Waals surface area contributed by atoms with Crippen molar-refractivity contribution in [3.05, 3.63) is 83.9 Å². The summed E-state index contributed by atoms with van der Waals surface area (Å²) in [6, 6.07) is 21.4. The van der Waals surface area contributed by atoms with Crippen molar-refractivity contribution in [2.75, 3.05) is 40.9 Å². The molecule has 248 valence electrons. The van der Waals surface area contributed by atoms with Gasteiger partial charge >= 0.3 is 0 Å². The summed E-state index contributed by atoms with van der Waals surface area (Å²) < 4.78 is 22.5. The lowest BCUT2D eigenvalue weighted by Gasteiger charge is -2.37. The molecule has 1 saturated carbocycles. The molecule has 0 saturated heterocycles. The second-order valence-electron chi connectivity index (χ2n) is 14.1. The maximum absolute atomic E-state index is 11.9. The third-order valence-corrected chi connectivity index (χ3v) is 10.8. The standard InChI is InChI=1S/C38H56NO5P/c1-31(32-20-15-12-16-21-32)38-26-25-36(40)35(38)30-34(37(38)33-22-17-13-18-23-33)24-14-10-8-6-5-7-9-11-19-28-43-45(41,42)44-29-27-39(2,3)4/h12-13,15-18,20-23,35-36,40H,1,5-11,14,19,24-30H2,2-4H3. The second-order valence-corrected chi connectivity index (χ2v) is 15.5. The number of hydrogen-bond acceptors (Lipinski definition) is 5. The van der Waals surface area contributed by atoms with Crippen LogP contribution in [0.5, 0.6) is 0 Å². The van der Waals surface area contributed by atoms with Crippen LogP contribution >= 0.6 is 7.82 Å². The summed E-state index contributed by atoms with van der Waals surface area (Å²) in [7, 11) is 1.78. The normalized spacial score (nSPS) is 22.9.